The molecular weight excluding hydrogens is 805 g/mol. The molecule has 1 aromatic heterocycles. The lowest BCUT2D eigenvalue weighted by Crippen LogP contribution is -2.61. The summed E-state index contributed by atoms with van der Waals surface area (Å²) in [5.74, 6) is -1.42. The van der Waals surface area contributed by atoms with Crippen molar-refractivity contribution < 1.29 is 33.1 Å². The second-order valence-electron chi connectivity index (χ2n) is 17.5. The molecule has 1 unspecified atom stereocenters. The van der Waals surface area contributed by atoms with E-state index in [0.717, 1.165) is 95.1 Å². The minimum Gasteiger partial charge on any atom is -0.490 e. The molecule has 6 heterocycles. The molecule has 2 aromatic carbocycles. The molecule has 5 amide bonds. The molecule has 4 saturated heterocycles. The summed E-state index contributed by atoms with van der Waals surface area (Å²) in [5.41, 5.74) is 1.25. The minimum absolute atomic E-state index is 0.0168. The van der Waals surface area contributed by atoms with Crippen molar-refractivity contribution in [1.82, 2.24) is 30.4 Å². The molecule has 3 aromatic rings. The van der Waals surface area contributed by atoms with E-state index in [2.05, 4.69) is 36.5 Å². The van der Waals surface area contributed by atoms with Crippen molar-refractivity contribution in [1.29, 1.82) is 5.26 Å². The number of carbonyl (C=O) groups excluding carboxylic acids is 5. The van der Waals surface area contributed by atoms with Crippen LogP contribution in [0.5, 0.6) is 5.75 Å². The molecule has 15 nitrogen and oxygen atoms in total. The van der Waals surface area contributed by atoms with E-state index in [0.29, 0.717) is 52.5 Å². The first-order chi connectivity index (χ1) is 29.5. The van der Waals surface area contributed by atoms with E-state index >= 15 is 4.39 Å². The average Bonchev–Trinajstić information content (AvgIpc) is 3.48. The number of hydrogen-bond donors (Lipinski definition) is 2. The zero-order chi connectivity index (χ0) is 42.4. The summed E-state index contributed by atoms with van der Waals surface area (Å²) >= 11 is 6.15. The Morgan fingerprint density at radius 3 is 2.26 bits per heavy atom. The number of hydrogen-bond acceptors (Lipinski definition) is 12. The fraction of sp³-hybridized carbons (Fsp3) is 0.500. The van der Waals surface area contributed by atoms with E-state index in [1.807, 2.05) is 4.90 Å². The van der Waals surface area contributed by atoms with Crippen LogP contribution >= 0.6 is 11.6 Å². The number of likely N-dealkylation sites (tertiary alicyclic amines) is 1. The number of benzene rings is 2. The van der Waals surface area contributed by atoms with Crippen LogP contribution in [-0.2, 0) is 9.59 Å². The Morgan fingerprint density at radius 2 is 1.61 bits per heavy atom. The van der Waals surface area contributed by atoms with Gasteiger partial charge in [0.05, 0.1) is 39.1 Å². The third kappa shape index (κ3) is 8.25. The van der Waals surface area contributed by atoms with Gasteiger partial charge in [0, 0.05) is 69.1 Å². The predicted molar refractivity (Wildman–Crippen MR) is 221 cm³/mol. The van der Waals surface area contributed by atoms with Crippen molar-refractivity contribution in [2.45, 2.75) is 82.4 Å². The maximum atomic E-state index is 15.4. The molecule has 61 heavy (non-hydrogen) atoms. The third-order valence-corrected chi connectivity index (χ3v) is 13.8. The van der Waals surface area contributed by atoms with Gasteiger partial charge in [0.2, 0.25) is 17.8 Å². The first-order valence-corrected chi connectivity index (χ1v) is 21.6. The average molecular weight is 852 g/mol. The fourth-order valence-electron chi connectivity index (χ4n) is 9.91. The van der Waals surface area contributed by atoms with Crippen LogP contribution in [0.3, 0.4) is 0 Å². The highest BCUT2D eigenvalue weighted by Crippen LogP contribution is 2.45. The van der Waals surface area contributed by atoms with E-state index in [9.17, 15) is 24.0 Å². The summed E-state index contributed by atoms with van der Waals surface area (Å²) in [4.78, 5) is 80.2. The molecule has 17 heteroatoms. The summed E-state index contributed by atoms with van der Waals surface area (Å²) in [6, 6.07) is 8.63. The van der Waals surface area contributed by atoms with Crippen molar-refractivity contribution >= 4 is 52.8 Å². The van der Waals surface area contributed by atoms with Crippen molar-refractivity contribution in [3.8, 4) is 11.8 Å². The fourth-order valence-corrected chi connectivity index (χ4v) is 10.1. The molecule has 9 rings (SSSR count). The van der Waals surface area contributed by atoms with Crippen molar-refractivity contribution in [2.24, 2.45) is 11.3 Å². The van der Waals surface area contributed by atoms with Gasteiger partial charge in [-0.2, -0.15) is 5.26 Å². The Labute approximate surface area is 357 Å². The summed E-state index contributed by atoms with van der Waals surface area (Å²) < 4.78 is 21.5. The van der Waals surface area contributed by atoms with Crippen LogP contribution in [0, 0.1) is 28.5 Å². The standard InChI is InChI=1S/C44H47ClFN9O6/c45-34-17-31(4-1-27(34)20-47)61-30-5-2-29(3-6-30)50-39(57)28-21-48-43(49-22-28)53-13-9-26(10-14-53)23-52-15-11-44(12-16-52)24-54(25-44)37-19-33-32(18-35(37)46)41(59)55(42(33)60)36-7-8-38(56)51-40(36)58/h1,4,17-19,21-22,26,29-30,36H,2-3,5-16,23-25H2,(H,50,57)(H,51,56,58). The minimum atomic E-state index is -1.09. The maximum Gasteiger partial charge on any atom is 0.262 e. The van der Waals surface area contributed by atoms with Gasteiger partial charge in [-0.05, 0) is 101 Å². The van der Waals surface area contributed by atoms with Gasteiger partial charge in [0.25, 0.3) is 17.7 Å². The zero-order valence-electron chi connectivity index (χ0n) is 33.7. The highest BCUT2D eigenvalue weighted by atomic mass is 35.5. The largest absolute Gasteiger partial charge is 0.490 e. The summed E-state index contributed by atoms with van der Waals surface area (Å²) in [5, 5.41) is 14.8. The Hall–Kier alpha value is -5.66. The Balaban J connectivity index is 0.692. The third-order valence-electron chi connectivity index (χ3n) is 13.5. The number of ether oxygens (including phenoxy) is 1. The Bertz CT molecular complexity index is 2290. The van der Waals surface area contributed by atoms with E-state index in [1.165, 1.54) is 6.07 Å². The van der Waals surface area contributed by atoms with Crippen LogP contribution in [-0.4, -0.2) is 113 Å². The lowest BCUT2D eigenvalue weighted by atomic mass is 9.71. The van der Waals surface area contributed by atoms with Gasteiger partial charge in [0.15, 0.2) is 0 Å². The number of halogens is 2. The quantitative estimate of drug-likeness (QED) is 0.289. The summed E-state index contributed by atoms with van der Waals surface area (Å²) in [6.45, 7) is 5.97. The van der Waals surface area contributed by atoms with Gasteiger partial charge < -0.3 is 24.8 Å². The molecule has 1 saturated carbocycles. The molecular formula is C44H47ClFN9O6. The number of fused-ring (bicyclic) bond motifs is 1. The van der Waals surface area contributed by atoms with Crippen LogP contribution in [0.25, 0.3) is 0 Å². The number of anilines is 2. The maximum absolute atomic E-state index is 15.4. The van der Waals surface area contributed by atoms with Crippen LogP contribution < -0.4 is 25.2 Å². The Morgan fingerprint density at radius 1 is 0.918 bits per heavy atom. The number of aromatic nitrogens is 2. The molecule has 0 bridgehead atoms. The molecule has 5 aliphatic heterocycles. The number of nitrogens with zero attached hydrogens (tertiary/aromatic N) is 7. The second-order valence-corrected chi connectivity index (χ2v) is 17.9. The number of amides is 5. The molecule has 318 valence electrons. The summed E-state index contributed by atoms with van der Waals surface area (Å²) in [7, 11) is 0. The first kappa shape index (κ1) is 40.7. The highest BCUT2D eigenvalue weighted by molar-refractivity contribution is 6.31. The number of nitrogens with one attached hydrogen (secondary N) is 2. The topological polar surface area (TPSA) is 181 Å². The number of rotatable bonds is 9. The van der Waals surface area contributed by atoms with Gasteiger partial charge in [0.1, 0.15) is 23.7 Å². The number of carbonyl (C=O) groups is 5. The molecule has 0 radical (unpaired) electrons. The molecule has 1 spiro atoms. The lowest BCUT2D eigenvalue weighted by Gasteiger charge is -2.55. The SMILES string of the molecule is N#Cc1ccc(OC2CCC(NC(=O)c3cnc(N4CCC(CN5CCC6(CC5)CN(c5cc7c(cc5F)C(=O)N(C5CCC(=O)NC5=O)C7=O)C6)CC4)nc3)CC2)cc1Cl. The van der Waals surface area contributed by atoms with Crippen molar-refractivity contribution in [3.63, 3.8) is 0 Å². The van der Waals surface area contributed by atoms with Crippen molar-refractivity contribution in [2.75, 3.05) is 55.6 Å². The lowest BCUT2D eigenvalue weighted by molar-refractivity contribution is -0.136. The number of piperidine rings is 3. The zero-order valence-corrected chi connectivity index (χ0v) is 34.5. The predicted octanol–water partition coefficient (Wildman–Crippen LogP) is 4.48. The van der Waals surface area contributed by atoms with Gasteiger partial charge in [-0.15, -0.1) is 0 Å². The molecule has 2 N–H and O–H groups in total. The van der Waals surface area contributed by atoms with E-state index in [1.54, 1.807) is 30.6 Å². The van der Waals surface area contributed by atoms with Gasteiger partial charge >= 0.3 is 0 Å². The first-order valence-electron chi connectivity index (χ1n) is 21.2. The second kappa shape index (κ2) is 16.7. The van der Waals surface area contributed by atoms with Crippen LogP contribution in [0.15, 0.2) is 42.7 Å². The van der Waals surface area contributed by atoms with Gasteiger partial charge in [-0.3, -0.25) is 34.2 Å². The molecule has 1 atom stereocenters. The van der Waals surface area contributed by atoms with E-state index in [4.69, 9.17) is 21.6 Å². The smallest absolute Gasteiger partial charge is 0.262 e. The van der Waals surface area contributed by atoms with E-state index < -0.39 is 35.5 Å². The molecule has 1 aliphatic carbocycles. The van der Waals surface area contributed by atoms with Gasteiger partial charge in [-0.25, -0.2) is 14.4 Å². The van der Waals surface area contributed by atoms with Crippen molar-refractivity contribution in [3.05, 3.63) is 75.8 Å². The van der Waals surface area contributed by atoms with Crippen LogP contribution in [0.2, 0.25) is 5.02 Å². The number of imide groups is 2. The van der Waals surface area contributed by atoms with E-state index in [-0.39, 0.29) is 47.4 Å². The highest BCUT2D eigenvalue weighted by Gasteiger charge is 2.48. The summed E-state index contributed by atoms with van der Waals surface area (Å²) in [6.07, 6.45) is 10.5. The number of nitriles is 1. The molecule has 6 aliphatic rings. The Kier molecular flexibility index (Phi) is 11.1. The van der Waals surface area contributed by atoms with Crippen LogP contribution in [0.1, 0.15) is 101 Å². The monoisotopic (exact) mass is 851 g/mol. The van der Waals surface area contributed by atoms with Crippen LogP contribution in [0.4, 0.5) is 16.0 Å². The normalized spacial score (nSPS) is 24.3. The van der Waals surface area contributed by atoms with Gasteiger partial charge in [-0.1, -0.05) is 11.6 Å². The molecule has 5 fully saturated rings.